The van der Waals surface area contributed by atoms with Gasteiger partial charge in [-0.1, -0.05) is 6.92 Å². The van der Waals surface area contributed by atoms with Crippen LogP contribution in [0.4, 0.5) is 35.9 Å². The maximum Gasteiger partial charge on any atom is 0.417 e. The van der Waals surface area contributed by atoms with E-state index in [0.717, 1.165) is 22.6 Å². The minimum Gasteiger partial charge on any atom is -0.492 e. The lowest BCUT2D eigenvalue weighted by Gasteiger charge is -2.43. The number of hydrogen-bond donors (Lipinski definition) is 3. The van der Waals surface area contributed by atoms with E-state index in [1.54, 1.807) is 55.1 Å². The van der Waals surface area contributed by atoms with Crippen LogP contribution < -0.4 is 30.5 Å². The summed E-state index contributed by atoms with van der Waals surface area (Å²) in [6, 6.07) is 16.4. The number of ether oxygens (including phenoxy) is 1. The number of anilines is 4. The first-order valence-corrected chi connectivity index (χ1v) is 20.2. The number of nitrogens with one attached hydrogen (secondary N) is 3. The van der Waals surface area contributed by atoms with Gasteiger partial charge in [0.15, 0.2) is 5.11 Å². The number of piperazine rings is 1. The number of alkyl halides is 3. The molecule has 4 amide bonds. The van der Waals surface area contributed by atoms with Crippen LogP contribution in [0.1, 0.15) is 69.7 Å². The molecule has 0 saturated carbocycles. The number of piperidine rings is 1. The highest BCUT2D eigenvalue weighted by Crippen LogP contribution is 2.40. The number of benzene rings is 3. The number of halogens is 3. The highest BCUT2D eigenvalue weighted by atomic mass is 32.1. The number of nitrogens with zero attached hydrogens (tertiary/aromatic N) is 6. The predicted molar refractivity (Wildman–Crippen MR) is 226 cm³/mol. The van der Waals surface area contributed by atoms with Gasteiger partial charge in [-0.05, 0) is 113 Å². The molecule has 3 N–H and O–H groups in total. The summed E-state index contributed by atoms with van der Waals surface area (Å²) in [7, 11) is 0. The molecule has 0 aromatic heterocycles. The number of amides is 4. The van der Waals surface area contributed by atoms with Gasteiger partial charge in [0.1, 0.15) is 23.9 Å². The lowest BCUT2D eigenvalue weighted by Crippen LogP contribution is -2.58. The number of nitriles is 2. The van der Waals surface area contributed by atoms with Crippen molar-refractivity contribution in [3.8, 4) is 17.9 Å². The molecule has 3 fully saturated rings. The van der Waals surface area contributed by atoms with E-state index < -0.39 is 40.7 Å². The predicted octanol–water partition coefficient (Wildman–Crippen LogP) is 5.56. The minimum atomic E-state index is -4.81. The van der Waals surface area contributed by atoms with Crippen molar-refractivity contribution in [1.29, 1.82) is 10.5 Å². The Balaban J connectivity index is 1.05. The van der Waals surface area contributed by atoms with Gasteiger partial charge >= 0.3 is 6.18 Å². The zero-order valence-corrected chi connectivity index (χ0v) is 35.2. The van der Waals surface area contributed by atoms with Crippen molar-refractivity contribution in [2.75, 3.05) is 53.2 Å². The van der Waals surface area contributed by atoms with Crippen LogP contribution in [0.2, 0.25) is 0 Å². The maximum absolute atomic E-state index is 13.8. The van der Waals surface area contributed by atoms with Gasteiger partial charge in [0, 0.05) is 55.2 Å². The molecule has 1 unspecified atom stereocenters. The first-order chi connectivity index (χ1) is 28.8. The molecule has 3 aromatic carbocycles. The van der Waals surface area contributed by atoms with Crippen molar-refractivity contribution < 1.29 is 37.1 Å². The lowest BCUT2D eigenvalue weighted by atomic mass is 10.0. The third-order valence-corrected chi connectivity index (χ3v) is 11.6. The molecule has 3 aliphatic heterocycles. The number of thiocarbonyl (C=S) groups is 1. The monoisotopic (exact) mass is 857 g/mol. The summed E-state index contributed by atoms with van der Waals surface area (Å²) >= 11 is 5.72. The number of aryl methyl sites for hydroxylation is 1. The molecule has 3 aliphatic rings. The summed E-state index contributed by atoms with van der Waals surface area (Å²) in [6.45, 7) is 11.8. The van der Waals surface area contributed by atoms with Gasteiger partial charge < -0.3 is 20.3 Å². The van der Waals surface area contributed by atoms with Gasteiger partial charge in [-0.15, -0.1) is 0 Å². The van der Waals surface area contributed by atoms with Gasteiger partial charge in [0.25, 0.3) is 5.91 Å². The second-order valence-electron chi connectivity index (χ2n) is 15.9. The largest absolute Gasteiger partial charge is 0.492 e. The molecule has 0 bridgehead atoms. The SMILES string of the molecule is CCc1cc(N2C(=S)N(c3ccc(C#N)c(C(F)(F)F)c3)C(=O)C2(C)C)ccc1OCCN1C[C@@H](C)N(CC(=O)Nc2cc(C#N)cc(NC3CCC(=O)NC3=O)c2)C[C@H]1C. The number of carbonyl (C=O) groups is 4. The van der Waals surface area contributed by atoms with E-state index in [2.05, 4.69) is 38.7 Å². The second-order valence-corrected chi connectivity index (χ2v) is 16.2. The van der Waals surface area contributed by atoms with Crippen molar-refractivity contribution in [3.63, 3.8) is 0 Å². The summed E-state index contributed by atoms with van der Waals surface area (Å²) in [4.78, 5) is 57.8. The molecule has 18 heteroatoms. The number of carbonyl (C=O) groups excluding carboxylic acids is 4. The number of rotatable bonds is 12. The van der Waals surface area contributed by atoms with Gasteiger partial charge in [0.05, 0.1) is 41.1 Å². The average Bonchev–Trinajstić information content (AvgIpc) is 3.38. The third kappa shape index (κ3) is 9.62. The molecule has 14 nitrogen and oxygen atoms in total. The van der Waals surface area contributed by atoms with Crippen molar-refractivity contribution in [3.05, 3.63) is 76.9 Å². The van der Waals surface area contributed by atoms with Crippen LogP contribution in [-0.4, -0.2) is 95.0 Å². The zero-order valence-electron chi connectivity index (χ0n) is 34.4. The van der Waals surface area contributed by atoms with E-state index in [1.807, 2.05) is 19.9 Å². The Morgan fingerprint density at radius 2 is 1.66 bits per heavy atom. The number of hydrogen-bond acceptors (Lipinski definition) is 11. The molecule has 3 atom stereocenters. The molecular weight excluding hydrogens is 812 g/mol. The van der Waals surface area contributed by atoms with Crippen molar-refractivity contribution in [1.82, 2.24) is 15.1 Å². The normalized spacial score (nSPS) is 20.9. The third-order valence-electron chi connectivity index (χ3n) is 11.2. The molecule has 0 aliphatic carbocycles. The van der Waals surface area contributed by atoms with Crippen LogP contribution >= 0.6 is 12.2 Å². The fourth-order valence-corrected chi connectivity index (χ4v) is 8.44. The van der Waals surface area contributed by atoms with Gasteiger partial charge in [0.2, 0.25) is 17.7 Å². The van der Waals surface area contributed by atoms with E-state index in [4.69, 9.17) is 17.0 Å². The molecule has 61 heavy (non-hydrogen) atoms. The van der Waals surface area contributed by atoms with Crippen molar-refractivity contribution >= 4 is 63.7 Å². The van der Waals surface area contributed by atoms with Crippen molar-refractivity contribution in [2.45, 2.75) is 83.7 Å². The highest BCUT2D eigenvalue weighted by Gasteiger charge is 2.51. The Bertz CT molecular complexity index is 2340. The van der Waals surface area contributed by atoms with Gasteiger partial charge in [-0.3, -0.25) is 39.2 Å². The number of imide groups is 1. The summed E-state index contributed by atoms with van der Waals surface area (Å²) in [5, 5.41) is 27.1. The highest BCUT2D eigenvalue weighted by molar-refractivity contribution is 7.81. The fourth-order valence-electron chi connectivity index (χ4n) is 7.92. The Morgan fingerprint density at radius 3 is 2.33 bits per heavy atom. The Hall–Kier alpha value is -6.08. The molecular formula is C43H46F3N9O5S. The smallest absolute Gasteiger partial charge is 0.417 e. The van der Waals surface area contributed by atoms with Crippen LogP contribution in [0.5, 0.6) is 5.75 Å². The standard InChI is InChI=1S/C43H46F3N9O5S/c1-6-28-17-33(55-41(61)54(40(59)42(55,4)5)32-8-7-29(21-48)34(19-32)43(44,45)46)9-11-36(28)60-14-13-52-22-26(3)53(23-25(52)2)24-38(57)50-31-16-27(20-47)15-30(18-31)49-35-10-12-37(56)51-39(35)58/h7-9,11,15-19,25-26,35,49H,6,10,12-14,22-24H2,1-5H3,(H,50,57)(H,51,56,58)/t25-,26-,35?/m1/s1. The first-order valence-electron chi connectivity index (χ1n) is 19.8. The van der Waals surface area contributed by atoms with E-state index in [1.165, 1.54) is 6.07 Å². The van der Waals surface area contributed by atoms with Gasteiger partial charge in [-0.2, -0.15) is 23.7 Å². The Labute approximate surface area is 357 Å². The molecule has 3 aromatic rings. The molecule has 0 spiro atoms. The average molecular weight is 858 g/mol. The lowest BCUT2D eigenvalue weighted by molar-refractivity contribution is -0.138. The summed E-state index contributed by atoms with van der Waals surface area (Å²) in [6.07, 6.45) is -3.71. The summed E-state index contributed by atoms with van der Waals surface area (Å²) in [5.74, 6) is -0.905. The van der Waals surface area contributed by atoms with E-state index in [9.17, 15) is 42.9 Å². The Kier molecular flexibility index (Phi) is 13.0. The zero-order chi connectivity index (χ0) is 44.4. The summed E-state index contributed by atoms with van der Waals surface area (Å²) in [5.41, 5.74) is -0.439. The minimum absolute atomic E-state index is 0.00459. The van der Waals surface area contributed by atoms with E-state index in [-0.39, 0.29) is 47.7 Å². The van der Waals surface area contributed by atoms with Crippen LogP contribution in [-0.2, 0) is 31.8 Å². The van der Waals surface area contributed by atoms with Crippen LogP contribution in [0, 0.1) is 22.7 Å². The molecule has 3 heterocycles. The quantitative estimate of drug-likeness (QED) is 0.153. The van der Waals surface area contributed by atoms with Crippen LogP contribution in [0.25, 0.3) is 0 Å². The Morgan fingerprint density at radius 1 is 0.967 bits per heavy atom. The van der Waals surface area contributed by atoms with E-state index in [0.29, 0.717) is 67.5 Å². The molecule has 6 rings (SSSR count). The van der Waals surface area contributed by atoms with Gasteiger partial charge in [-0.25, -0.2) is 0 Å². The summed E-state index contributed by atoms with van der Waals surface area (Å²) < 4.78 is 47.7. The first kappa shape index (κ1) is 44.5. The van der Waals surface area contributed by atoms with E-state index >= 15 is 0 Å². The fraction of sp³-hybridized carbons (Fsp3) is 0.419. The van der Waals surface area contributed by atoms with Crippen molar-refractivity contribution in [2.24, 2.45) is 0 Å². The second kappa shape index (κ2) is 17.9. The molecule has 0 radical (unpaired) electrons. The van der Waals surface area contributed by atoms with Crippen LogP contribution in [0.3, 0.4) is 0 Å². The topological polar surface area (TPSA) is 174 Å². The molecule has 320 valence electrons. The van der Waals surface area contributed by atoms with Crippen LogP contribution in [0.15, 0.2) is 54.6 Å². The maximum atomic E-state index is 13.8. The molecule has 3 saturated heterocycles.